The smallest absolute Gasteiger partial charge is 0.413 e. The lowest BCUT2D eigenvalue weighted by atomic mass is 9.89. The van der Waals surface area contributed by atoms with Crippen molar-refractivity contribution in [2.45, 2.75) is 51.7 Å². The molecule has 11 nitrogen and oxygen atoms in total. The molecule has 0 bridgehead atoms. The summed E-state index contributed by atoms with van der Waals surface area (Å²) in [6.07, 6.45) is -1.29. The van der Waals surface area contributed by atoms with Crippen molar-refractivity contribution in [3.8, 4) is 11.8 Å². The molecule has 1 aliphatic heterocycles. The second kappa shape index (κ2) is 14.4. The minimum atomic E-state index is -1.38. The molecule has 0 radical (unpaired) electrons. The molecule has 3 amide bonds. The lowest BCUT2D eigenvalue weighted by Crippen LogP contribution is -2.49. The maximum absolute atomic E-state index is 13.7. The van der Waals surface area contributed by atoms with Crippen molar-refractivity contribution in [2.75, 3.05) is 19.0 Å². The van der Waals surface area contributed by atoms with E-state index in [1.165, 1.54) is 0 Å². The highest BCUT2D eigenvalue weighted by Gasteiger charge is 2.36. The Labute approximate surface area is 250 Å². The molecule has 226 valence electrons. The summed E-state index contributed by atoms with van der Waals surface area (Å²) in [6, 6.07) is 16.8. The molecule has 1 saturated heterocycles. The van der Waals surface area contributed by atoms with Crippen LogP contribution >= 0.6 is 0 Å². The molecule has 0 saturated carbocycles. The quantitative estimate of drug-likeness (QED) is 0.213. The number of anilines is 1. The van der Waals surface area contributed by atoms with Crippen molar-refractivity contribution < 1.29 is 28.7 Å². The highest BCUT2D eigenvalue weighted by atomic mass is 16.6. The van der Waals surface area contributed by atoms with Gasteiger partial charge in [0.2, 0.25) is 17.9 Å². The summed E-state index contributed by atoms with van der Waals surface area (Å²) >= 11 is 0. The molecule has 4 atom stereocenters. The number of benzene rings is 2. The number of hydrogen-bond acceptors (Lipinski definition) is 7. The molecule has 0 aliphatic carbocycles. The number of Topliss-reactive ketones (excluding diaryl/α,β-unsaturated/α-hetero) is 1. The number of nitrogens with one attached hydrogen (secondary N) is 4. The van der Waals surface area contributed by atoms with Gasteiger partial charge in [-0.05, 0) is 55.5 Å². The summed E-state index contributed by atoms with van der Waals surface area (Å²) in [7, 11) is 1.56. The summed E-state index contributed by atoms with van der Waals surface area (Å²) in [5.41, 5.74) is 1.58. The van der Waals surface area contributed by atoms with E-state index in [1.807, 2.05) is 32.0 Å². The molecule has 1 aliphatic rings. The number of ether oxygens (including phenoxy) is 2. The van der Waals surface area contributed by atoms with Crippen LogP contribution in [0.1, 0.15) is 50.0 Å². The van der Waals surface area contributed by atoms with Crippen molar-refractivity contribution >= 4 is 40.3 Å². The number of aromatic nitrogens is 1. The Bertz CT molecular complexity index is 1490. The molecule has 4 rings (SSSR count). The highest BCUT2D eigenvalue weighted by molar-refractivity contribution is 6.02. The maximum Gasteiger partial charge on any atom is 0.413 e. The van der Waals surface area contributed by atoms with E-state index in [2.05, 4.69) is 20.9 Å². The fourth-order valence-corrected chi connectivity index (χ4v) is 5.36. The van der Waals surface area contributed by atoms with Crippen LogP contribution in [0.25, 0.3) is 10.9 Å². The van der Waals surface area contributed by atoms with E-state index in [9.17, 15) is 24.4 Å². The largest absolute Gasteiger partial charge is 0.496 e. The molecular weight excluding hydrogens is 550 g/mol. The van der Waals surface area contributed by atoms with Crippen molar-refractivity contribution in [1.82, 2.24) is 15.6 Å². The average Bonchev–Trinajstić information content (AvgIpc) is 3.61. The summed E-state index contributed by atoms with van der Waals surface area (Å²) in [5, 5.41) is 18.9. The van der Waals surface area contributed by atoms with Gasteiger partial charge < -0.3 is 25.1 Å². The van der Waals surface area contributed by atoms with Gasteiger partial charge in [0.1, 0.15) is 11.8 Å². The van der Waals surface area contributed by atoms with Crippen LogP contribution in [0.3, 0.4) is 0 Å². The number of ketones is 1. The third-order valence-corrected chi connectivity index (χ3v) is 7.48. The SMILES string of the molecule is COc1cccc2[nH]c(C(=O)C[C@@H](CC(C)C)C(=O)N[C@@H](C[C@@H]3CCNC3=O)C(C#N)OC(=O)Nc3ccccc3)cc12. The molecule has 3 aromatic rings. The predicted molar refractivity (Wildman–Crippen MR) is 160 cm³/mol. The first kappa shape index (κ1) is 31.1. The molecule has 1 aromatic heterocycles. The zero-order valence-corrected chi connectivity index (χ0v) is 24.5. The Kier molecular flexibility index (Phi) is 10.4. The van der Waals surface area contributed by atoms with Crippen LogP contribution in [0.4, 0.5) is 10.5 Å². The van der Waals surface area contributed by atoms with E-state index >= 15 is 0 Å². The molecule has 1 unspecified atom stereocenters. The van der Waals surface area contributed by atoms with Crippen LogP contribution in [-0.4, -0.2) is 54.5 Å². The number of amides is 3. The number of fused-ring (bicyclic) bond motifs is 1. The Hall–Kier alpha value is -4.85. The fraction of sp³-hybridized carbons (Fsp3) is 0.406. The van der Waals surface area contributed by atoms with Crippen molar-refractivity contribution in [3.05, 3.63) is 60.3 Å². The van der Waals surface area contributed by atoms with Gasteiger partial charge in [-0.2, -0.15) is 5.26 Å². The lowest BCUT2D eigenvalue weighted by Gasteiger charge is -2.27. The number of nitriles is 1. The van der Waals surface area contributed by atoms with Crippen molar-refractivity contribution in [1.29, 1.82) is 5.26 Å². The van der Waals surface area contributed by atoms with Crippen molar-refractivity contribution in [3.63, 3.8) is 0 Å². The van der Waals surface area contributed by atoms with Gasteiger partial charge in [0, 0.05) is 41.4 Å². The molecule has 1 fully saturated rings. The van der Waals surface area contributed by atoms with Gasteiger partial charge in [-0.15, -0.1) is 0 Å². The molecule has 2 heterocycles. The second-order valence-electron chi connectivity index (χ2n) is 11.1. The van der Waals surface area contributed by atoms with E-state index in [0.29, 0.717) is 36.5 Å². The van der Waals surface area contributed by atoms with E-state index in [4.69, 9.17) is 9.47 Å². The van der Waals surface area contributed by atoms with Gasteiger partial charge in [0.15, 0.2) is 5.78 Å². The average molecular weight is 588 g/mol. The van der Waals surface area contributed by atoms with Gasteiger partial charge in [0.05, 0.1) is 18.8 Å². The first-order chi connectivity index (χ1) is 20.7. The Morgan fingerprint density at radius 3 is 2.53 bits per heavy atom. The van der Waals surface area contributed by atoms with Crippen LogP contribution in [0.15, 0.2) is 54.6 Å². The molecule has 11 heteroatoms. The number of rotatable bonds is 13. The number of carbonyl (C=O) groups excluding carboxylic acids is 4. The van der Waals surface area contributed by atoms with Crippen LogP contribution in [0.5, 0.6) is 5.75 Å². The van der Waals surface area contributed by atoms with Gasteiger partial charge in [-0.3, -0.25) is 19.7 Å². The summed E-state index contributed by atoms with van der Waals surface area (Å²) in [5.74, 6) is -1.36. The van der Waals surface area contributed by atoms with Crippen LogP contribution < -0.4 is 20.7 Å². The molecule has 4 N–H and O–H groups in total. The minimum Gasteiger partial charge on any atom is -0.496 e. The van der Waals surface area contributed by atoms with E-state index < -0.39 is 36.0 Å². The lowest BCUT2D eigenvalue weighted by molar-refractivity contribution is -0.128. The predicted octanol–water partition coefficient (Wildman–Crippen LogP) is 4.56. The Morgan fingerprint density at radius 2 is 1.88 bits per heavy atom. The Balaban J connectivity index is 1.52. The van der Waals surface area contributed by atoms with Crippen LogP contribution in [0.2, 0.25) is 0 Å². The van der Waals surface area contributed by atoms with Gasteiger partial charge in [-0.1, -0.05) is 38.1 Å². The first-order valence-corrected chi connectivity index (χ1v) is 14.4. The molecule has 2 aromatic carbocycles. The van der Waals surface area contributed by atoms with Gasteiger partial charge in [0.25, 0.3) is 0 Å². The van der Waals surface area contributed by atoms with Crippen LogP contribution in [0, 0.1) is 29.1 Å². The second-order valence-corrected chi connectivity index (χ2v) is 11.1. The van der Waals surface area contributed by atoms with Gasteiger partial charge >= 0.3 is 6.09 Å². The third kappa shape index (κ3) is 8.13. The highest BCUT2D eigenvalue weighted by Crippen LogP contribution is 2.28. The summed E-state index contributed by atoms with van der Waals surface area (Å²) in [6.45, 7) is 4.39. The number of methoxy groups -OCH3 is 1. The van der Waals surface area contributed by atoms with E-state index in [0.717, 1.165) is 10.9 Å². The topological polar surface area (TPSA) is 162 Å². The third-order valence-electron chi connectivity index (χ3n) is 7.48. The number of hydrogen-bond donors (Lipinski definition) is 4. The van der Waals surface area contributed by atoms with E-state index in [-0.39, 0.29) is 30.4 Å². The molecule has 43 heavy (non-hydrogen) atoms. The zero-order chi connectivity index (χ0) is 30.9. The molecular formula is C32H37N5O6. The number of aromatic amines is 1. The summed E-state index contributed by atoms with van der Waals surface area (Å²) < 4.78 is 10.8. The monoisotopic (exact) mass is 587 g/mol. The van der Waals surface area contributed by atoms with Crippen molar-refractivity contribution in [2.24, 2.45) is 17.8 Å². The normalized spacial score (nSPS) is 16.5. The zero-order valence-electron chi connectivity index (χ0n) is 24.5. The maximum atomic E-state index is 13.7. The standard InChI is InChI=1S/C32H37N5O6/c1-19(2)14-21(16-27(38)25-17-23-24(36-25)10-7-11-28(23)42-3)31(40)37-26(15-20-12-13-34-30(20)39)29(18-33)43-32(41)35-22-8-5-4-6-9-22/h4-11,17,19-21,26,29,36H,12-16H2,1-3H3,(H,34,39)(H,35,41)(H,37,40)/t20-,21+,26-,29?/m0/s1. The van der Waals surface area contributed by atoms with Gasteiger partial charge in [-0.25, -0.2) is 4.79 Å². The molecule has 0 spiro atoms. The number of carbonyl (C=O) groups is 4. The fourth-order valence-electron chi connectivity index (χ4n) is 5.36. The number of H-pyrrole nitrogens is 1. The minimum absolute atomic E-state index is 0.0810. The summed E-state index contributed by atoms with van der Waals surface area (Å²) in [4.78, 5) is 55.3. The van der Waals surface area contributed by atoms with Crippen LogP contribution in [-0.2, 0) is 14.3 Å². The Morgan fingerprint density at radius 1 is 1.12 bits per heavy atom. The number of nitrogens with zero attached hydrogens (tertiary/aromatic N) is 1. The van der Waals surface area contributed by atoms with E-state index in [1.54, 1.807) is 49.6 Å². The number of para-hydroxylation sites is 1. The first-order valence-electron chi connectivity index (χ1n) is 14.4.